The predicted molar refractivity (Wildman–Crippen MR) is 40.6 cm³/mol. The maximum Gasteiger partial charge on any atom is 0.311 e. The fraction of sp³-hybridized carbons (Fsp3) is 0.500. The molecule has 1 aliphatic carbocycles. The molecule has 0 bridgehead atoms. The van der Waals surface area contributed by atoms with Crippen LogP contribution in [-0.2, 0) is 9.59 Å². The number of rotatable bonds is 2. The zero-order valence-electron chi connectivity index (χ0n) is 6.87. The largest absolute Gasteiger partial charge is 0.481 e. The molecule has 0 heterocycles. The molecule has 1 aliphatic rings. The Morgan fingerprint density at radius 3 is 1.42 bits per heavy atom. The van der Waals surface area contributed by atoms with Gasteiger partial charge in [-0.15, -0.1) is 0 Å². The summed E-state index contributed by atoms with van der Waals surface area (Å²) in [4.78, 5) is 21.1. The van der Waals surface area contributed by atoms with Crippen molar-refractivity contribution in [2.75, 3.05) is 0 Å². The van der Waals surface area contributed by atoms with Crippen LogP contribution in [0.15, 0.2) is 11.1 Å². The van der Waals surface area contributed by atoms with Crippen molar-refractivity contribution in [1.82, 2.24) is 0 Å². The van der Waals surface area contributed by atoms with Crippen LogP contribution in [0.25, 0.3) is 0 Å². The monoisotopic (exact) mass is 170 g/mol. The lowest BCUT2D eigenvalue weighted by Crippen LogP contribution is -2.39. The summed E-state index contributed by atoms with van der Waals surface area (Å²) in [6.07, 6.45) is 0. The van der Waals surface area contributed by atoms with Crippen molar-refractivity contribution in [3.63, 3.8) is 0 Å². The molecule has 4 heteroatoms. The molecule has 0 aromatic rings. The third kappa shape index (κ3) is 0.995. The van der Waals surface area contributed by atoms with E-state index in [1.807, 2.05) is 0 Å². The highest BCUT2D eigenvalue weighted by Gasteiger charge is 2.45. The fourth-order valence-electron chi connectivity index (χ4n) is 1.55. The molecule has 12 heavy (non-hydrogen) atoms. The Labute approximate surface area is 69.5 Å². The van der Waals surface area contributed by atoms with Crippen molar-refractivity contribution in [2.24, 2.45) is 11.8 Å². The molecule has 0 saturated carbocycles. The summed E-state index contributed by atoms with van der Waals surface area (Å²) in [5.74, 6) is -3.74. The summed E-state index contributed by atoms with van der Waals surface area (Å²) in [6, 6.07) is 0. The van der Waals surface area contributed by atoms with Crippen molar-refractivity contribution in [2.45, 2.75) is 13.8 Å². The van der Waals surface area contributed by atoms with E-state index in [0.29, 0.717) is 11.1 Å². The molecule has 1 rings (SSSR count). The smallest absolute Gasteiger partial charge is 0.311 e. The predicted octanol–water partition coefficient (Wildman–Crippen LogP) is 0.738. The standard InChI is InChI=1S/C8H10O4/c1-3-4(2)6(8(11)12)5(3)7(9)10/h5-6H,1-2H3,(H,9,10)(H,11,12)/t5-,6+. The highest BCUT2D eigenvalue weighted by molar-refractivity contribution is 5.88. The number of carboxylic acid groups (broad SMARTS) is 2. The Bertz CT molecular complexity index is 249. The third-order valence-electron chi connectivity index (χ3n) is 2.42. The molecule has 2 N–H and O–H groups in total. The Morgan fingerprint density at radius 1 is 1.00 bits per heavy atom. The summed E-state index contributed by atoms with van der Waals surface area (Å²) >= 11 is 0. The summed E-state index contributed by atoms with van der Waals surface area (Å²) in [5, 5.41) is 17.3. The van der Waals surface area contributed by atoms with Crippen molar-refractivity contribution < 1.29 is 19.8 Å². The van der Waals surface area contributed by atoms with Crippen LogP contribution in [0, 0.1) is 11.8 Å². The second-order valence-electron chi connectivity index (χ2n) is 3.00. The first-order chi connectivity index (χ1) is 5.46. The summed E-state index contributed by atoms with van der Waals surface area (Å²) in [7, 11) is 0. The number of hydrogen-bond acceptors (Lipinski definition) is 2. The van der Waals surface area contributed by atoms with E-state index in [9.17, 15) is 9.59 Å². The molecule has 0 aromatic heterocycles. The van der Waals surface area contributed by atoms with Crippen LogP contribution in [0.3, 0.4) is 0 Å². The Balaban J connectivity index is 2.94. The summed E-state index contributed by atoms with van der Waals surface area (Å²) in [6.45, 7) is 3.32. The van der Waals surface area contributed by atoms with Gasteiger partial charge < -0.3 is 10.2 Å². The molecule has 0 radical (unpaired) electrons. The lowest BCUT2D eigenvalue weighted by molar-refractivity contribution is -0.152. The van der Waals surface area contributed by atoms with E-state index < -0.39 is 23.8 Å². The molecular weight excluding hydrogens is 160 g/mol. The Hall–Kier alpha value is -1.32. The Kier molecular flexibility index (Phi) is 1.92. The van der Waals surface area contributed by atoms with Gasteiger partial charge in [0, 0.05) is 0 Å². The first-order valence-electron chi connectivity index (χ1n) is 3.59. The van der Waals surface area contributed by atoms with Gasteiger partial charge in [0.1, 0.15) is 0 Å². The highest BCUT2D eigenvalue weighted by atomic mass is 16.4. The van der Waals surface area contributed by atoms with Crippen molar-refractivity contribution in [3.8, 4) is 0 Å². The molecular formula is C8H10O4. The second kappa shape index (κ2) is 2.62. The van der Waals surface area contributed by atoms with Gasteiger partial charge in [0.25, 0.3) is 0 Å². The SMILES string of the molecule is CC1=C(C)[C@H](C(=O)O)[C@@H]1C(=O)O. The van der Waals surface area contributed by atoms with Gasteiger partial charge in [0.2, 0.25) is 0 Å². The fourth-order valence-corrected chi connectivity index (χ4v) is 1.55. The molecule has 0 amide bonds. The van der Waals surface area contributed by atoms with Crippen LogP contribution in [-0.4, -0.2) is 22.2 Å². The normalized spacial score (nSPS) is 28.2. The second-order valence-corrected chi connectivity index (χ2v) is 3.00. The molecule has 0 aromatic carbocycles. The third-order valence-corrected chi connectivity index (χ3v) is 2.42. The number of aliphatic carboxylic acids is 2. The van der Waals surface area contributed by atoms with Crippen molar-refractivity contribution in [1.29, 1.82) is 0 Å². The first-order valence-corrected chi connectivity index (χ1v) is 3.59. The van der Waals surface area contributed by atoms with Crippen LogP contribution < -0.4 is 0 Å². The van der Waals surface area contributed by atoms with E-state index in [4.69, 9.17) is 10.2 Å². The minimum atomic E-state index is -1.05. The quantitative estimate of drug-likeness (QED) is 0.599. The van der Waals surface area contributed by atoms with Crippen LogP contribution >= 0.6 is 0 Å². The van der Waals surface area contributed by atoms with Gasteiger partial charge in [-0.25, -0.2) is 0 Å². The zero-order chi connectivity index (χ0) is 9.46. The summed E-state index contributed by atoms with van der Waals surface area (Å²) < 4.78 is 0. The van der Waals surface area contributed by atoms with Crippen LogP contribution in [0.2, 0.25) is 0 Å². The first kappa shape index (κ1) is 8.77. The summed E-state index contributed by atoms with van der Waals surface area (Å²) in [5.41, 5.74) is 1.35. The number of hydrogen-bond donors (Lipinski definition) is 2. The van der Waals surface area contributed by atoms with Gasteiger partial charge in [0.15, 0.2) is 0 Å². The minimum absolute atomic E-state index is 0.676. The number of carbonyl (C=O) groups is 2. The van der Waals surface area contributed by atoms with Gasteiger partial charge in [-0.1, -0.05) is 11.1 Å². The molecule has 0 spiro atoms. The lowest BCUT2D eigenvalue weighted by Gasteiger charge is -2.33. The van der Waals surface area contributed by atoms with Gasteiger partial charge in [0.05, 0.1) is 11.8 Å². The lowest BCUT2D eigenvalue weighted by atomic mass is 9.69. The van der Waals surface area contributed by atoms with E-state index in [0.717, 1.165) is 0 Å². The van der Waals surface area contributed by atoms with Crippen LogP contribution in [0.1, 0.15) is 13.8 Å². The Morgan fingerprint density at radius 2 is 1.25 bits per heavy atom. The van der Waals surface area contributed by atoms with Crippen molar-refractivity contribution in [3.05, 3.63) is 11.1 Å². The maximum absolute atomic E-state index is 10.6. The maximum atomic E-state index is 10.6. The van der Waals surface area contributed by atoms with E-state index in [1.54, 1.807) is 13.8 Å². The van der Waals surface area contributed by atoms with Gasteiger partial charge in [-0.05, 0) is 13.8 Å². The molecule has 0 unspecified atom stereocenters. The van der Waals surface area contributed by atoms with E-state index in [1.165, 1.54) is 0 Å². The molecule has 0 aliphatic heterocycles. The molecule has 66 valence electrons. The minimum Gasteiger partial charge on any atom is -0.481 e. The van der Waals surface area contributed by atoms with E-state index in [-0.39, 0.29) is 0 Å². The topological polar surface area (TPSA) is 74.6 Å². The molecule has 4 nitrogen and oxygen atoms in total. The molecule has 0 fully saturated rings. The molecule has 0 saturated heterocycles. The van der Waals surface area contributed by atoms with Crippen LogP contribution in [0.5, 0.6) is 0 Å². The van der Waals surface area contributed by atoms with E-state index in [2.05, 4.69) is 0 Å². The molecule has 2 atom stereocenters. The van der Waals surface area contributed by atoms with Crippen LogP contribution in [0.4, 0.5) is 0 Å². The van der Waals surface area contributed by atoms with Gasteiger partial charge >= 0.3 is 11.9 Å². The van der Waals surface area contributed by atoms with Gasteiger partial charge in [-0.2, -0.15) is 0 Å². The zero-order valence-corrected chi connectivity index (χ0v) is 6.87. The number of carboxylic acids is 2. The van der Waals surface area contributed by atoms with E-state index >= 15 is 0 Å². The average Bonchev–Trinajstić information content (AvgIpc) is 1.96. The van der Waals surface area contributed by atoms with Crippen molar-refractivity contribution >= 4 is 11.9 Å². The highest BCUT2D eigenvalue weighted by Crippen LogP contribution is 2.40. The van der Waals surface area contributed by atoms with Gasteiger partial charge in [-0.3, -0.25) is 9.59 Å². The average molecular weight is 170 g/mol.